The average molecular weight is 185 g/mol. The molecule has 4 nitrogen and oxygen atoms in total. The standard InChI is InChI=1S/C9H15NO3/c1-9(2,3)13-10-7(11)5-4-6-8(10)12/h4-6H2,1-3H3. The van der Waals surface area contributed by atoms with Crippen LogP contribution < -0.4 is 0 Å². The molecule has 0 spiro atoms. The summed E-state index contributed by atoms with van der Waals surface area (Å²) in [6, 6.07) is 0. The van der Waals surface area contributed by atoms with Crippen LogP contribution in [-0.2, 0) is 14.4 Å². The maximum Gasteiger partial charge on any atom is 0.253 e. The summed E-state index contributed by atoms with van der Waals surface area (Å²) < 4.78 is 0. The third-order valence-corrected chi connectivity index (χ3v) is 1.60. The second kappa shape index (κ2) is 3.46. The monoisotopic (exact) mass is 185 g/mol. The van der Waals surface area contributed by atoms with Crippen LogP contribution in [0, 0.1) is 0 Å². The van der Waals surface area contributed by atoms with E-state index in [1.807, 2.05) is 20.8 Å². The highest BCUT2D eigenvalue weighted by atomic mass is 16.7. The summed E-state index contributed by atoms with van der Waals surface area (Å²) in [6.07, 6.45) is 1.45. The second-order valence-corrected chi connectivity index (χ2v) is 4.14. The Labute approximate surface area is 77.8 Å². The fourth-order valence-electron chi connectivity index (χ4n) is 1.11. The van der Waals surface area contributed by atoms with Gasteiger partial charge in [0, 0.05) is 12.8 Å². The van der Waals surface area contributed by atoms with E-state index in [0.717, 1.165) is 5.06 Å². The second-order valence-electron chi connectivity index (χ2n) is 4.14. The van der Waals surface area contributed by atoms with Gasteiger partial charge in [-0.1, -0.05) is 0 Å². The van der Waals surface area contributed by atoms with E-state index in [1.54, 1.807) is 0 Å². The molecule has 1 saturated heterocycles. The number of amides is 2. The van der Waals surface area contributed by atoms with E-state index in [9.17, 15) is 9.59 Å². The number of hydrogen-bond donors (Lipinski definition) is 0. The van der Waals surface area contributed by atoms with E-state index < -0.39 is 5.60 Å². The zero-order valence-corrected chi connectivity index (χ0v) is 8.29. The van der Waals surface area contributed by atoms with Gasteiger partial charge in [-0.2, -0.15) is 5.06 Å². The van der Waals surface area contributed by atoms with Crippen molar-refractivity contribution in [3.8, 4) is 0 Å². The van der Waals surface area contributed by atoms with Gasteiger partial charge in [0.15, 0.2) is 0 Å². The van der Waals surface area contributed by atoms with Crippen LogP contribution in [0.15, 0.2) is 0 Å². The Balaban J connectivity index is 2.65. The van der Waals surface area contributed by atoms with Crippen LogP contribution >= 0.6 is 0 Å². The lowest BCUT2D eigenvalue weighted by Crippen LogP contribution is -2.44. The predicted molar refractivity (Wildman–Crippen MR) is 46.5 cm³/mol. The minimum atomic E-state index is -0.497. The van der Waals surface area contributed by atoms with Crippen molar-refractivity contribution in [1.29, 1.82) is 0 Å². The first-order chi connectivity index (χ1) is 5.90. The van der Waals surface area contributed by atoms with Gasteiger partial charge in [-0.15, -0.1) is 0 Å². The van der Waals surface area contributed by atoms with Crippen molar-refractivity contribution in [2.24, 2.45) is 0 Å². The quantitative estimate of drug-likeness (QED) is 0.578. The highest BCUT2D eigenvalue weighted by Gasteiger charge is 2.30. The van der Waals surface area contributed by atoms with Gasteiger partial charge in [0.25, 0.3) is 11.8 Å². The zero-order valence-electron chi connectivity index (χ0n) is 8.29. The Kier molecular flexibility index (Phi) is 2.71. The normalized spacial score (nSPS) is 19.5. The first-order valence-electron chi connectivity index (χ1n) is 4.45. The molecule has 0 unspecified atom stereocenters. The van der Waals surface area contributed by atoms with Crippen LogP contribution in [0.25, 0.3) is 0 Å². The lowest BCUT2D eigenvalue weighted by Gasteiger charge is -2.30. The highest BCUT2D eigenvalue weighted by Crippen LogP contribution is 2.17. The van der Waals surface area contributed by atoms with E-state index in [4.69, 9.17) is 4.84 Å². The average Bonchev–Trinajstić information content (AvgIpc) is 1.95. The molecule has 0 aliphatic carbocycles. The lowest BCUT2D eigenvalue weighted by molar-refractivity contribution is -0.229. The minimum absolute atomic E-state index is 0.230. The van der Waals surface area contributed by atoms with Gasteiger partial charge in [-0.3, -0.25) is 14.4 Å². The molecule has 0 aromatic heterocycles. The molecule has 0 radical (unpaired) electrons. The van der Waals surface area contributed by atoms with Gasteiger partial charge in [0.05, 0.1) is 5.60 Å². The number of carbonyl (C=O) groups is 2. The molecule has 0 saturated carbocycles. The van der Waals surface area contributed by atoms with E-state index in [1.165, 1.54) is 0 Å². The Morgan fingerprint density at radius 3 is 2.00 bits per heavy atom. The predicted octanol–water partition coefficient (Wildman–Crippen LogP) is 1.26. The Morgan fingerprint density at radius 2 is 1.62 bits per heavy atom. The number of carbonyl (C=O) groups excluding carboxylic acids is 2. The van der Waals surface area contributed by atoms with Gasteiger partial charge in [0.2, 0.25) is 0 Å². The molecule has 0 bridgehead atoms. The van der Waals surface area contributed by atoms with Gasteiger partial charge < -0.3 is 0 Å². The van der Waals surface area contributed by atoms with E-state index in [-0.39, 0.29) is 11.8 Å². The molecule has 1 aliphatic heterocycles. The minimum Gasteiger partial charge on any atom is -0.272 e. The van der Waals surface area contributed by atoms with Gasteiger partial charge in [-0.25, -0.2) is 0 Å². The molecule has 74 valence electrons. The Morgan fingerprint density at radius 1 is 1.15 bits per heavy atom. The summed E-state index contributed by atoms with van der Waals surface area (Å²) in [4.78, 5) is 27.8. The molecule has 13 heavy (non-hydrogen) atoms. The fraction of sp³-hybridized carbons (Fsp3) is 0.778. The van der Waals surface area contributed by atoms with Gasteiger partial charge in [-0.05, 0) is 27.2 Å². The number of piperidine rings is 1. The van der Waals surface area contributed by atoms with Crippen molar-refractivity contribution in [3.05, 3.63) is 0 Å². The molecule has 1 heterocycles. The smallest absolute Gasteiger partial charge is 0.253 e. The van der Waals surface area contributed by atoms with Gasteiger partial charge >= 0.3 is 0 Å². The van der Waals surface area contributed by atoms with Gasteiger partial charge in [0.1, 0.15) is 0 Å². The summed E-state index contributed by atoms with van der Waals surface area (Å²) in [5.41, 5.74) is -0.497. The van der Waals surface area contributed by atoms with Crippen molar-refractivity contribution in [1.82, 2.24) is 5.06 Å². The number of hydroxylamine groups is 2. The molecular weight excluding hydrogens is 170 g/mol. The number of rotatable bonds is 1. The van der Waals surface area contributed by atoms with Crippen molar-refractivity contribution < 1.29 is 14.4 Å². The Hall–Kier alpha value is -0.900. The summed E-state index contributed by atoms with van der Waals surface area (Å²) >= 11 is 0. The number of imide groups is 1. The first-order valence-corrected chi connectivity index (χ1v) is 4.45. The molecule has 0 aromatic carbocycles. The van der Waals surface area contributed by atoms with E-state index >= 15 is 0 Å². The number of nitrogens with zero attached hydrogens (tertiary/aromatic N) is 1. The van der Waals surface area contributed by atoms with Crippen molar-refractivity contribution in [3.63, 3.8) is 0 Å². The number of hydrogen-bond acceptors (Lipinski definition) is 3. The summed E-state index contributed by atoms with van der Waals surface area (Å²) in [7, 11) is 0. The van der Waals surface area contributed by atoms with Crippen LogP contribution in [0.1, 0.15) is 40.0 Å². The van der Waals surface area contributed by atoms with Crippen LogP contribution in [-0.4, -0.2) is 22.5 Å². The van der Waals surface area contributed by atoms with Crippen LogP contribution in [0.4, 0.5) is 0 Å². The zero-order chi connectivity index (χ0) is 10.1. The first kappa shape index (κ1) is 10.2. The molecule has 4 heteroatoms. The Bertz CT molecular complexity index is 214. The maximum atomic E-state index is 11.3. The topological polar surface area (TPSA) is 46.6 Å². The van der Waals surface area contributed by atoms with Crippen LogP contribution in [0.3, 0.4) is 0 Å². The fourth-order valence-corrected chi connectivity index (χ4v) is 1.11. The largest absolute Gasteiger partial charge is 0.272 e. The lowest BCUT2D eigenvalue weighted by atomic mass is 10.1. The third-order valence-electron chi connectivity index (χ3n) is 1.60. The van der Waals surface area contributed by atoms with Crippen molar-refractivity contribution in [2.45, 2.75) is 45.6 Å². The summed E-state index contributed by atoms with van der Waals surface area (Å²) in [6.45, 7) is 5.42. The maximum absolute atomic E-state index is 11.3. The molecule has 1 fully saturated rings. The molecule has 2 amide bonds. The van der Waals surface area contributed by atoms with Crippen molar-refractivity contribution >= 4 is 11.8 Å². The SMILES string of the molecule is CC(C)(C)ON1C(=O)CCCC1=O. The highest BCUT2D eigenvalue weighted by molar-refractivity contribution is 5.96. The van der Waals surface area contributed by atoms with Crippen LogP contribution in [0.2, 0.25) is 0 Å². The van der Waals surface area contributed by atoms with E-state index in [2.05, 4.69) is 0 Å². The molecule has 0 aromatic rings. The van der Waals surface area contributed by atoms with Crippen molar-refractivity contribution in [2.75, 3.05) is 0 Å². The summed E-state index contributed by atoms with van der Waals surface area (Å²) in [5.74, 6) is -0.461. The molecular formula is C9H15NO3. The molecule has 1 rings (SSSR count). The summed E-state index contributed by atoms with van der Waals surface area (Å²) in [5, 5.41) is 0.906. The molecule has 0 N–H and O–H groups in total. The third kappa shape index (κ3) is 2.81. The molecule has 1 aliphatic rings. The van der Waals surface area contributed by atoms with Crippen LogP contribution in [0.5, 0.6) is 0 Å². The molecule has 0 atom stereocenters. The van der Waals surface area contributed by atoms with E-state index in [0.29, 0.717) is 19.3 Å².